The summed E-state index contributed by atoms with van der Waals surface area (Å²) >= 11 is 6.06. The van der Waals surface area contributed by atoms with Gasteiger partial charge in [0.25, 0.3) is 0 Å². The van der Waals surface area contributed by atoms with E-state index in [1.807, 2.05) is 47.4 Å². The average Bonchev–Trinajstić information content (AvgIpc) is 3.25. The summed E-state index contributed by atoms with van der Waals surface area (Å²) in [4.78, 5) is 6.62. The van der Waals surface area contributed by atoms with Gasteiger partial charge in [-0.15, -0.1) is 0 Å². The van der Waals surface area contributed by atoms with Crippen LogP contribution in [0.15, 0.2) is 71.7 Å². The van der Waals surface area contributed by atoms with Crippen molar-refractivity contribution in [2.75, 3.05) is 13.1 Å². The zero-order valence-corrected chi connectivity index (χ0v) is 16.9. The number of hydrogen-bond acceptors (Lipinski definition) is 4. The van der Waals surface area contributed by atoms with E-state index in [2.05, 4.69) is 11.1 Å². The lowest BCUT2D eigenvalue weighted by atomic mass is 9.86. The summed E-state index contributed by atoms with van der Waals surface area (Å²) in [6.07, 6.45) is 0.494. The summed E-state index contributed by atoms with van der Waals surface area (Å²) in [7, 11) is 0. The van der Waals surface area contributed by atoms with Crippen molar-refractivity contribution in [3.05, 3.63) is 99.8 Å². The number of halogens is 2. The first-order valence-electron chi connectivity index (χ1n) is 9.85. The van der Waals surface area contributed by atoms with E-state index in [4.69, 9.17) is 16.3 Å². The van der Waals surface area contributed by atoms with Crippen molar-refractivity contribution in [1.29, 1.82) is 0 Å². The van der Waals surface area contributed by atoms with Crippen molar-refractivity contribution in [3.8, 4) is 5.75 Å². The highest BCUT2D eigenvalue weighted by Crippen LogP contribution is 2.39. The Morgan fingerprint density at radius 1 is 1.10 bits per heavy atom. The van der Waals surface area contributed by atoms with Crippen LogP contribution in [0.5, 0.6) is 5.75 Å². The minimum Gasteiger partial charge on any atom is -0.489 e. The van der Waals surface area contributed by atoms with Gasteiger partial charge in [0.15, 0.2) is 5.72 Å². The fraction of sp³-hybridized carbons (Fsp3) is 0.208. The number of aliphatic hydroxyl groups is 1. The van der Waals surface area contributed by atoms with E-state index < -0.39 is 5.72 Å². The molecule has 4 nitrogen and oxygen atoms in total. The standard InChI is InChI=1S/C24H20ClFN2O2/c25-22-13-19(26)8-5-17(22)15-30-20-9-6-18(7-10-20)24(29)14-16-3-1-2-4-21(16)23-27-11-12-28(23)24/h1-10,13,29H,11-12,14-15H2. The second-order valence-electron chi connectivity index (χ2n) is 7.56. The molecule has 152 valence electrons. The van der Waals surface area contributed by atoms with Gasteiger partial charge in [0.05, 0.1) is 11.6 Å². The molecule has 1 N–H and O–H groups in total. The van der Waals surface area contributed by atoms with Gasteiger partial charge >= 0.3 is 0 Å². The van der Waals surface area contributed by atoms with Crippen molar-refractivity contribution >= 4 is 17.4 Å². The Morgan fingerprint density at radius 2 is 1.90 bits per heavy atom. The highest BCUT2D eigenvalue weighted by atomic mass is 35.5. The first kappa shape index (κ1) is 19.1. The van der Waals surface area contributed by atoms with E-state index in [1.165, 1.54) is 12.1 Å². The topological polar surface area (TPSA) is 45.1 Å². The SMILES string of the molecule is OC1(c2ccc(OCc3ccc(F)cc3Cl)cc2)Cc2ccccc2C2=NCCN21. The monoisotopic (exact) mass is 422 g/mol. The summed E-state index contributed by atoms with van der Waals surface area (Å²) in [6, 6.07) is 19.8. The van der Waals surface area contributed by atoms with Gasteiger partial charge in [-0.05, 0) is 29.8 Å². The fourth-order valence-corrected chi connectivity index (χ4v) is 4.39. The maximum atomic E-state index is 13.2. The summed E-state index contributed by atoms with van der Waals surface area (Å²) < 4.78 is 19.0. The van der Waals surface area contributed by atoms with Crippen molar-refractivity contribution in [2.45, 2.75) is 18.8 Å². The number of fused-ring (bicyclic) bond motifs is 3. The molecule has 2 aliphatic rings. The number of ether oxygens (including phenoxy) is 1. The summed E-state index contributed by atoms with van der Waals surface area (Å²) in [5.74, 6) is 1.13. The minimum absolute atomic E-state index is 0.235. The van der Waals surface area contributed by atoms with Crippen LogP contribution >= 0.6 is 11.6 Å². The molecule has 0 amide bonds. The number of amidine groups is 1. The van der Waals surface area contributed by atoms with Crippen molar-refractivity contribution < 1.29 is 14.2 Å². The molecular weight excluding hydrogens is 403 g/mol. The summed E-state index contributed by atoms with van der Waals surface area (Å²) in [5.41, 5.74) is 2.53. The molecule has 3 aromatic carbocycles. The Bertz CT molecular complexity index is 1130. The third-order valence-electron chi connectivity index (χ3n) is 5.71. The van der Waals surface area contributed by atoms with Gasteiger partial charge < -0.3 is 14.7 Å². The van der Waals surface area contributed by atoms with Gasteiger partial charge in [0.1, 0.15) is 24.0 Å². The van der Waals surface area contributed by atoms with Crippen LogP contribution in [-0.4, -0.2) is 28.9 Å². The van der Waals surface area contributed by atoms with Crippen molar-refractivity contribution in [3.63, 3.8) is 0 Å². The third-order valence-corrected chi connectivity index (χ3v) is 6.06. The van der Waals surface area contributed by atoms with Gasteiger partial charge in [-0.1, -0.05) is 54.1 Å². The van der Waals surface area contributed by atoms with Crippen LogP contribution in [0, 0.1) is 5.82 Å². The van der Waals surface area contributed by atoms with Crippen LogP contribution in [0.4, 0.5) is 4.39 Å². The number of benzene rings is 3. The van der Waals surface area contributed by atoms with Gasteiger partial charge in [0.2, 0.25) is 0 Å². The Morgan fingerprint density at radius 3 is 2.70 bits per heavy atom. The first-order chi connectivity index (χ1) is 14.5. The lowest BCUT2D eigenvalue weighted by Crippen LogP contribution is -2.53. The molecule has 2 heterocycles. The van der Waals surface area contributed by atoms with Crippen LogP contribution in [0.1, 0.15) is 22.3 Å². The molecule has 6 heteroatoms. The molecule has 0 spiro atoms. The highest BCUT2D eigenvalue weighted by Gasteiger charge is 2.44. The van der Waals surface area contributed by atoms with Crippen LogP contribution in [0.2, 0.25) is 5.02 Å². The van der Waals surface area contributed by atoms with Crippen LogP contribution in [0.25, 0.3) is 0 Å². The lowest BCUT2D eigenvalue weighted by molar-refractivity contribution is -0.0745. The van der Waals surface area contributed by atoms with Crippen LogP contribution in [-0.2, 0) is 18.8 Å². The lowest BCUT2D eigenvalue weighted by Gasteiger charge is -2.43. The maximum Gasteiger partial charge on any atom is 0.169 e. The largest absolute Gasteiger partial charge is 0.489 e. The molecule has 2 aliphatic heterocycles. The molecule has 0 radical (unpaired) electrons. The quantitative estimate of drug-likeness (QED) is 0.672. The molecule has 0 bridgehead atoms. The Balaban J connectivity index is 1.38. The molecule has 1 unspecified atom stereocenters. The highest BCUT2D eigenvalue weighted by molar-refractivity contribution is 6.31. The maximum absolute atomic E-state index is 13.2. The van der Waals surface area contributed by atoms with E-state index in [9.17, 15) is 9.50 Å². The van der Waals surface area contributed by atoms with Crippen molar-refractivity contribution in [2.24, 2.45) is 4.99 Å². The average molecular weight is 423 g/mol. The number of hydrogen-bond donors (Lipinski definition) is 1. The van der Waals surface area contributed by atoms with Gasteiger partial charge in [-0.25, -0.2) is 4.39 Å². The van der Waals surface area contributed by atoms with E-state index in [0.717, 1.165) is 22.5 Å². The van der Waals surface area contributed by atoms with E-state index in [-0.39, 0.29) is 12.4 Å². The molecule has 0 aliphatic carbocycles. The van der Waals surface area contributed by atoms with Crippen LogP contribution in [0.3, 0.4) is 0 Å². The molecule has 3 aromatic rings. The van der Waals surface area contributed by atoms with Gasteiger partial charge in [0, 0.05) is 29.7 Å². The fourth-order valence-electron chi connectivity index (χ4n) is 4.17. The predicted octanol–water partition coefficient (Wildman–Crippen LogP) is 4.52. The second kappa shape index (κ2) is 7.42. The van der Waals surface area contributed by atoms with Gasteiger partial charge in [-0.3, -0.25) is 4.99 Å². The smallest absolute Gasteiger partial charge is 0.169 e. The predicted molar refractivity (Wildman–Crippen MR) is 114 cm³/mol. The van der Waals surface area contributed by atoms with Crippen LogP contribution < -0.4 is 4.74 Å². The van der Waals surface area contributed by atoms with E-state index in [0.29, 0.717) is 35.8 Å². The molecule has 0 fully saturated rings. The molecular formula is C24H20ClFN2O2. The normalized spacial score (nSPS) is 19.8. The zero-order valence-electron chi connectivity index (χ0n) is 16.2. The van der Waals surface area contributed by atoms with E-state index >= 15 is 0 Å². The van der Waals surface area contributed by atoms with Crippen molar-refractivity contribution in [1.82, 2.24) is 4.90 Å². The molecule has 30 heavy (non-hydrogen) atoms. The van der Waals surface area contributed by atoms with E-state index in [1.54, 1.807) is 6.07 Å². The molecule has 1 atom stereocenters. The summed E-state index contributed by atoms with van der Waals surface area (Å²) in [5, 5.41) is 12.0. The number of nitrogens with zero attached hydrogens (tertiary/aromatic N) is 2. The molecule has 0 saturated carbocycles. The Kier molecular flexibility index (Phi) is 4.72. The minimum atomic E-state index is -1.15. The number of aliphatic imine (C=N–C) groups is 1. The summed E-state index contributed by atoms with van der Waals surface area (Å²) in [6.45, 7) is 1.59. The molecule has 5 rings (SSSR count). The third kappa shape index (κ3) is 3.24. The molecule has 0 aromatic heterocycles. The number of rotatable bonds is 4. The Labute approximate surface area is 179 Å². The zero-order chi connectivity index (χ0) is 20.7. The van der Waals surface area contributed by atoms with Gasteiger partial charge in [-0.2, -0.15) is 0 Å². The molecule has 0 saturated heterocycles. The second-order valence-corrected chi connectivity index (χ2v) is 7.96. The Hall–Kier alpha value is -2.89. The first-order valence-corrected chi connectivity index (χ1v) is 10.2.